The van der Waals surface area contributed by atoms with Gasteiger partial charge in [0.25, 0.3) is 5.91 Å². The molecule has 19 nitrogen and oxygen atoms in total. The summed E-state index contributed by atoms with van der Waals surface area (Å²) in [7, 11) is 0. The van der Waals surface area contributed by atoms with Gasteiger partial charge in [0.05, 0.1) is 31.9 Å². The zero-order chi connectivity index (χ0) is 30.7. The topological polar surface area (TPSA) is 290 Å². The number of nitrogens with two attached hydrogens (primary N) is 1. The van der Waals surface area contributed by atoms with Crippen molar-refractivity contribution >= 4 is 17.6 Å². The molecule has 1 saturated heterocycles. The van der Waals surface area contributed by atoms with E-state index in [2.05, 4.69) is 25.9 Å². The van der Waals surface area contributed by atoms with Crippen molar-refractivity contribution < 1.29 is 49.7 Å². The van der Waals surface area contributed by atoms with E-state index in [1.165, 1.54) is 23.1 Å². The Morgan fingerprint density at radius 3 is 2.62 bits per heavy atom. The molecule has 0 saturated carbocycles. The lowest BCUT2D eigenvalue weighted by Gasteiger charge is -2.38. The van der Waals surface area contributed by atoms with Gasteiger partial charge in [-0.2, -0.15) is 4.98 Å². The van der Waals surface area contributed by atoms with Gasteiger partial charge in [-0.3, -0.25) is 14.2 Å². The number of hydrogen-bond donors (Lipinski definition) is 9. The fourth-order valence-electron chi connectivity index (χ4n) is 4.53. The van der Waals surface area contributed by atoms with Gasteiger partial charge in [0.2, 0.25) is 5.91 Å². The number of anilines is 1. The predicted molar refractivity (Wildman–Crippen MR) is 136 cm³/mol. The molecule has 10 N–H and O–H groups in total. The molecule has 0 unspecified atom stereocenters. The third-order valence-electron chi connectivity index (χ3n) is 6.66. The number of aliphatic hydroxyl groups is 6. The molecule has 2 aromatic rings. The highest BCUT2D eigenvalue weighted by Gasteiger charge is 2.45. The maximum absolute atomic E-state index is 12.8. The molecule has 230 valence electrons. The fourth-order valence-corrected chi connectivity index (χ4v) is 4.53. The highest BCUT2D eigenvalue weighted by atomic mass is 16.6. The van der Waals surface area contributed by atoms with E-state index in [1.807, 2.05) is 0 Å². The number of carbonyl (C=O) groups excluding carboxylic acids is 2. The minimum Gasteiger partial charge on any atom is -0.480 e. The zero-order valence-corrected chi connectivity index (χ0v) is 22.2. The SMILES string of the molecule is CC(=O)N[C@H]1[C@H]([C@H](O)[C@H](O)CO)OC(C(=O)NCc2cn(C[C@H]3O[C@@H](n4ccc(N)nc4=O)[C@H](O)[C@@H]3O)nn2)=C[C@@H]1O. The minimum atomic E-state index is -1.76. The fraction of sp³-hybridized carbons (Fsp3) is 0.565. The van der Waals surface area contributed by atoms with Crippen molar-refractivity contribution in [3.05, 3.63) is 46.5 Å². The van der Waals surface area contributed by atoms with Crippen LogP contribution in [0.25, 0.3) is 0 Å². The van der Waals surface area contributed by atoms with E-state index in [0.29, 0.717) is 0 Å². The van der Waals surface area contributed by atoms with Crippen molar-refractivity contribution in [1.29, 1.82) is 0 Å². The largest absolute Gasteiger partial charge is 0.480 e. The Hall–Kier alpha value is -3.98. The third kappa shape index (κ3) is 6.73. The van der Waals surface area contributed by atoms with Gasteiger partial charge in [0, 0.05) is 13.1 Å². The summed E-state index contributed by atoms with van der Waals surface area (Å²) in [5.41, 5.74) is 4.97. The van der Waals surface area contributed by atoms with Crippen LogP contribution < -0.4 is 22.1 Å². The van der Waals surface area contributed by atoms with Crippen LogP contribution in [0.2, 0.25) is 0 Å². The van der Waals surface area contributed by atoms with Crippen LogP contribution >= 0.6 is 0 Å². The number of hydrogen-bond acceptors (Lipinski definition) is 15. The first-order chi connectivity index (χ1) is 19.9. The monoisotopic (exact) mass is 596 g/mol. The Balaban J connectivity index is 1.37. The van der Waals surface area contributed by atoms with Crippen LogP contribution in [-0.4, -0.2) is 122 Å². The van der Waals surface area contributed by atoms with Crippen LogP contribution in [0.15, 0.2) is 35.1 Å². The molecule has 1 fully saturated rings. The standard InChI is InChI=1S/C23H32N8O11/c1-9(33)26-16-11(34)4-13(41-20(16)17(36)12(35)8-32)21(39)25-5-10-6-30(29-28-10)7-14-18(37)19(38)22(42-14)31-3-2-15(24)27-23(31)40/h2-4,6,11-12,14,16-20,22,32,34-38H,5,7-8H2,1H3,(H,25,39)(H,26,33)(H2,24,27,40)/t11-,12+,14+,16+,17+,18+,19+,20+,22+/m0/s1. The van der Waals surface area contributed by atoms with Crippen LogP contribution in [0.3, 0.4) is 0 Å². The van der Waals surface area contributed by atoms with E-state index in [0.717, 1.165) is 17.6 Å². The molecular weight excluding hydrogens is 564 g/mol. The number of rotatable bonds is 10. The van der Waals surface area contributed by atoms with E-state index in [4.69, 9.17) is 15.2 Å². The Labute approximate surface area is 236 Å². The lowest BCUT2D eigenvalue weighted by molar-refractivity contribution is -0.139. The number of aliphatic hydroxyl groups excluding tert-OH is 6. The van der Waals surface area contributed by atoms with Crippen molar-refractivity contribution in [3.63, 3.8) is 0 Å². The summed E-state index contributed by atoms with van der Waals surface area (Å²) in [5.74, 6) is -1.83. The van der Waals surface area contributed by atoms with Crippen LogP contribution in [0, 0.1) is 0 Å². The molecule has 0 radical (unpaired) electrons. The van der Waals surface area contributed by atoms with Crippen LogP contribution in [0.4, 0.5) is 5.82 Å². The average Bonchev–Trinajstić information content (AvgIpc) is 3.51. The van der Waals surface area contributed by atoms with E-state index < -0.39 is 84.9 Å². The number of ether oxygens (including phenoxy) is 2. The molecule has 0 aliphatic carbocycles. The van der Waals surface area contributed by atoms with Crippen molar-refractivity contribution in [2.24, 2.45) is 0 Å². The van der Waals surface area contributed by atoms with Crippen LogP contribution in [-0.2, 0) is 32.2 Å². The van der Waals surface area contributed by atoms with Gasteiger partial charge in [0.15, 0.2) is 18.1 Å². The van der Waals surface area contributed by atoms with Gasteiger partial charge in [0.1, 0.15) is 48.1 Å². The lowest BCUT2D eigenvalue weighted by Crippen LogP contribution is -2.60. The molecule has 2 amide bonds. The molecular formula is C23H32N8O11. The zero-order valence-electron chi connectivity index (χ0n) is 22.2. The Morgan fingerprint density at radius 2 is 1.95 bits per heavy atom. The number of nitrogens with one attached hydrogen (secondary N) is 2. The lowest BCUT2D eigenvalue weighted by atomic mass is 9.93. The van der Waals surface area contributed by atoms with Crippen LogP contribution in [0.1, 0.15) is 18.8 Å². The molecule has 4 heterocycles. The molecule has 42 heavy (non-hydrogen) atoms. The van der Waals surface area contributed by atoms with Crippen LogP contribution in [0.5, 0.6) is 0 Å². The average molecular weight is 597 g/mol. The second kappa shape index (κ2) is 12.9. The van der Waals surface area contributed by atoms with Crippen molar-refractivity contribution in [2.45, 2.75) is 75.0 Å². The Morgan fingerprint density at radius 1 is 1.21 bits per heavy atom. The molecule has 0 spiro atoms. The number of amides is 2. The number of nitrogen functional groups attached to an aromatic ring is 1. The van der Waals surface area contributed by atoms with Crippen molar-refractivity contribution in [2.75, 3.05) is 12.3 Å². The molecule has 2 aromatic heterocycles. The van der Waals surface area contributed by atoms with E-state index >= 15 is 0 Å². The van der Waals surface area contributed by atoms with Gasteiger partial charge in [-0.05, 0) is 12.1 Å². The van der Waals surface area contributed by atoms with Gasteiger partial charge >= 0.3 is 5.69 Å². The first-order valence-electron chi connectivity index (χ1n) is 12.7. The summed E-state index contributed by atoms with van der Waals surface area (Å²) in [5, 5.41) is 73.5. The predicted octanol–water partition coefficient (Wildman–Crippen LogP) is -5.78. The number of nitrogens with zero attached hydrogens (tertiary/aromatic N) is 5. The molecule has 4 rings (SSSR count). The minimum absolute atomic E-state index is 0.0160. The number of aromatic nitrogens is 5. The summed E-state index contributed by atoms with van der Waals surface area (Å²) < 4.78 is 13.5. The molecule has 2 aliphatic rings. The highest BCUT2D eigenvalue weighted by Crippen LogP contribution is 2.29. The summed E-state index contributed by atoms with van der Waals surface area (Å²) in [6.07, 6.45) is -7.73. The summed E-state index contributed by atoms with van der Waals surface area (Å²) in [4.78, 5) is 40.0. The number of carbonyl (C=O) groups is 2. The summed E-state index contributed by atoms with van der Waals surface area (Å²) >= 11 is 0. The normalized spacial score (nSPS) is 28.8. The molecule has 19 heteroatoms. The van der Waals surface area contributed by atoms with E-state index in [1.54, 1.807) is 0 Å². The molecule has 0 bridgehead atoms. The van der Waals surface area contributed by atoms with Gasteiger partial charge in [-0.1, -0.05) is 5.21 Å². The second-order valence-electron chi connectivity index (χ2n) is 9.77. The summed E-state index contributed by atoms with van der Waals surface area (Å²) in [6, 6.07) is 0.114. The van der Waals surface area contributed by atoms with E-state index in [9.17, 15) is 45.0 Å². The summed E-state index contributed by atoms with van der Waals surface area (Å²) in [6.45, 7) is 0.0640. The molecule has 2 aliphatic heterocycles. The van der Waals surface area contributed by atoms with Gasteiger partial charge < -0.3 is 56.5 Å². The molecule has 0 aromatic carbocycles. The maximum Gasteiger partial charge on any atom is 0.351 e. The van der Waals surface area contributed by atoms with Crippen molar-refractivity contribution in [3.8, 4) is 0 Å². The molecule has 9 atom stereocenters. The van der Waals surface area contributed by atoms with Crippen molar-refractivity contribution in [1.82, 2.24) is 35.2 Å². The smallest absolute Gasteiger partial charge is 0.351 e. The third-order valence-corrected chi connectivity index (χ3v) is 6.66. The van der Waals surface area contributed by atoms with Gasteiger partial charge in [-0.25, -0.2) is 9.48 Å². The quantitative estimate of drug-likeness (QED) is 0.123. The van der Waals surface area contributed by atoms with E-state index in [-0.39, 0.29) is 24.6 Å². The Bertz CT molecular complexity index is 1370. The van der Waals surface area contributed by atoms with Gasteiger partial charge in [-0.15, -0.1) is 5.10 Å². The Kier molecular flexibility index (Phi) is 9.51. The maximum atomic E-state index is 12.8. The first-order valence-corrected chi connectivity index (χ1v) is 12.7. The second-order valence-corrected chi connectivity index (χ2v) is 9.77. The highest BCUT2D eigenvalue weighted by molar-refractivity contribution is 5.91. The first kappa shape index (κ1) is 31.0.